The lowest BCUT2D eigenvalue weighted by atomic mass is 10.5. The fourth-order valence-electron chi connectivity index (χ4n) is 0.429. The van der Waals surface area contributed by atoms with Crippen LogP contribution >= 0.6 is 0 Å². The molecule has 0 aliphatic carbocycles. The molecule has 0 atom stereocenters. The van der Waals surface area contributed by atoms with E-state index < -0.39 is 0 Å². The smallest absolute Gasteiger partial charge is 0.279 e. The number of halogens is 1. The highest BCUT2D eigenvalue weighted by molar-refractivity contribution is 5.67. The summed E-state index contributed by atoms with van der Waals surface area (Å²) in [6.45, 7) is 1.37. The second-order valence-electron chi connectivity index (χ2n) is 3.23. The molecule has 0 aromatic heterocycles. The van der Waals surface area contributed by atoms with Gasteiger partial charge in [-0.2, -0.15) is 0 Å². The molecular weight excluding hydrogens is 166 g/mol. The van der Waals surface area contributed by atoms with Crippen molar-refractivity contribution in [2.24, 2.45) is 5.73 Å². The topological polar surface area (TPSA) is 59.1 Å². The molecule has 0 heterocycles. The Kier molecular flexibility index (Phi) is 6.22. The van der Waals surface area contributed by atoms with Crippen molar-refractivity contribution in [2.75, 3.05) is 34.3 Å². The van der Waals surface area contributed by atoms with Crippen molar-refractivity contribution in [3.05, 3.63) is 0 Å². The highest BCUT2D eigenvalue weighted by Crippen LogP contribution is 1.88. The Labute approximate surface area is 73.8 Å². The van der Waals surface area contributed by atoms with Crippen LogP contribution in [0.1, 0.15) is 0 Å². The van der Waals surface area contributed by atoms with E-state index in [4.69, 9.17) is 15.9 Å². The molecule has 0 radical (unpaired) electrons. The third-order valence-electron chi connectivity index (χ3n) is 1.02. The summed E-state index contributed by atoms with van der Waals surface area (Å²) in [7, 11) is 6.18. The van der Waals surface area contributed by atoms with Crippen molar-refractivity contribution in [3.63, 3.8) is 0 Å². The van der Waals surface area contributed by atoms with Crippen LogP contribution in [-0.2, 0) is 4.74 Å². The van der Waals surface area contributed by atoms with Crippen LogP contribution < -0.4 is 18.1 Å². The molecule has 0 aromatic rings. The van der Waals surface area contributed by atoms with Gasteiger partial charge in [0.05, 0.1) is 21.1 Å². The predicted molar refractivity (Wildman–Crippen MR) is 40.8 cm³/mol. The minimum atomic E-state index is -0.201. The molecule has 5 heteroatoms. The summed E-state index contributed by atoms with van der Waals surface area (Å²) < 4.78 is 5.59. The predicted octanol–water partition coefficient (Wildman–Crippen LogP) is -3.39. The second kappa shape index (κ2) is 5.21. The van der Waals surface area contributed by atoms with Gasteiger partial charge < -0.3 is 27.4 Å². The van der Waals surface area contributed by atoms with Gasteiger partial charge in [0.2, 0.25) is 0 Å². The average molecular weight is 182 g/mol. The zero-order chi connectivity index (χ0) is 8.20. The van der Waals surface area contributed by atoms with Gasteiger partial charge in [0.15, 0.2) is 0 Å². The molecule has 11 heavy (non-hydrogen) atoms. The Morgan fingerprint density at radius 1 is 1.45 bits per heavy atom. The maximum absolute atomic E-state index is 6.75. The number of hydrogen-bond donors (Lipinski definition) is 2. The number of amidine groups is 1. The second-order valence-corrected chi connectivity index (χ2v) is 3.23. The van der Waals surface area contributed by atoms with Gasteiger partial charge in [-0.1, -0.05) is 0 Å². The Bertz CT molecular complexity index is 121. The molecule has 0 saturated heterocycles. The number of quaternary nitrogens is 1. The molecule has 0 amide bonds. The molecule has 0 aliphatic heterocycles. The Morgan fingerprint density at radius 3 is 2.18 bits per heavy atom. The minimum Gasteiger partial charge on any atom is -1.00 e. The lowest BCUT2D eigenvalue weighted by molar-refractivity contribution is -0.870. The monoisotopic (exact) mass is 181 g/mol. The third-order valence-corrected chi connectivity index (χ3v) is 1.02. The van der Waals surface area contributed by atoms with Crippen LogP contribution in [0.4, 0.5) is 0 Å². The highest BCUT2D eigenvalue weighted by atomic mass is 35.5. The van der Waals surface area contributed by atoms with Crippen molar-refractivity contribution < 1.29 is 21.6 Å². The van der Waals surface area contributed by atoms with Crippen molar-refractivity contribution in [3.8, 4) is 0 Å². The number of rotatable bonds is 3. The Hall–Kier alpha value is -0.480. The molecule has 0 fully saturated rings. The van der Waals surface area contributed by atoms with E-state index in [1.54, 1.807) is 0 Å². The lowest BCUT2D eigenvalue weighted by Crippen LogP contribution is -3.00. The quantitative estimate of drug-likeness (QED) is 0.271. The molecular formula is C6H16ClN3O. The summed E-state index contributed by atoms with van der Waals surface area (Å²) in [5.74, 6) is 0. The zero-order valence-electron chi connectivity index (χ0n) is 7.22. The van der Waals surface area contributed by atoms with Gasteiger partial charge in [0, 0.05) is 0 Å². The number of nitrogens with zero attached hydrogens (tertiary/aromatic N) is 1. The normalized spacial score (nSPS) is 10.1. The summed E-state index contributed by atoms with van der Waals surface area (Å²) >= 11 is 0. The van der Waals surface area contributed by atoms with Crippen LogP contribution in [0.5, 0.6) is 0 Å². The standard InChI is InChI=1S/C6H16N3O.ClH/c1-9(2,3)4-5-10-6(7)8;/h4-5H2,1-3H3,(H3,7,8);1H/q+1;/p-1. The van der Waals surface area contributed by atoms with Crippen LogP contribution in [0.25, 0.3) is 0 Å². The summed E-state index contributed by atoms with van der Waals surface area (Å²) in [6, 6.07) is -0.201. The van der Waals surface area contributed by atoms with E-state index in [0.29, 0.717) is 6.61 Å². The van der Waals surface area contributed by atoms with Crippen LogP contribution in [0.15, 0.2) is 0 Å². The number of hydrogen-bond acceptors (Lipinski definition) is 2. The third kappa shape index (κ3) is 12.7. The van der Waals surface area contributed by atoms with Gasteiger partial charge in [-0.05, 0) is 0 Å². The van der Waals surface area contributed by atoms with Crippen LogP contribution in [0.2, 0.25) is 0 Å². The summed E-state index contributed by atoms with van der Waals surface area (Å²) in [6.07, 6.45) is 0. The van der Waals surface area contributed by atoms with E-state index in [1.165, 1.54) is 0 Å². The number of nitrogens with two attached hydrogens (primary N) is 1. The Morgan fingerprint density at radius 2 is 1.91 bits per heavy atom. The van der Waals surface area contributed by atoms with Crippen molar-refractivity contribution in [1.82, 2.24) is 0 Å². The zero-order valence-corrected chi connectivity index (χ0v) is 7.98. The van der Waals surface area contributed by atoms with Crippen LogP contribution in [0.3, 0.4) is 0 Å². The SMILES string of the molecule is C[N+](C)(C)CCOC(=N)N.[Cl-]. The van der Waals surface area contributed by atoms with E-state index in [9.17, 15) is 0 Å². The Balaban J connectivity index is 0. The molecule has 3 N–H and O–H groups in total. The van der Waals surface area contributed by atoms with E-state index in [2.05, 4.69) is 21.1 Å². The summed E-state index contributed by atoms with van der Waals surface area (Å²) in [5.41, 5.74) is 4.98. The summed E-state index contributed by atoms with van der Waals surface area (Å²) in [5, 5.41) is 6.75. The summed E-state index contributed by atoms with van der Waals surface area (Å²) in [4.78, 5) is 0. The molecule has 0 rings (SSSR count). The highest BCUT2D eigenvalue weighted by Gasteiger charge is 2.05. The van der Waals surface area contributed by atoms with Crippen molar-refractivity contribution >= 4 is 6.02 Å². The minimum absolute atomic E-state index is 0. The molecule has 4 nitrogen and oxygen atoms in total. The first-order chi connectivity index (χ1) is 4.42. The molecule has 0 unspecified atom stereocenters. The number of likely N-dealkylation sites (N-methyl/N-ethyl adjacent to an activating group) is 1. The van der Waals surface area contributed by atoms with E-state index in [-0.39, 0.29) is 18.4 Å². The van der Waals surface area contributed by atoms with Gasteiger partial charge in [0.1, 0.15) is 13.2 Å². The number of nitrogens with one attached hydrogen (secondary N) is 1. The first kappa shape index (κ1) is 13.1. The molecule has 0 saturated carbocycles. The fraction of sp³-hybridized carbons (Fsp3) is 0.833. The van der Waals surface area contributed by atoms with Crippen molar-refractivity contribution in [2.45, 2.75) is 0 Å². The van der Waals surface area contributed by atoms with Gasteiger partial charge in [-0.15, -0.1) is 0 Å². The van der Waals surface area contributed by atoms with E-state index in [1.807, 2.05) is 0 Å². The average Bonchev–Trinajstić information content (AvgIpc) is 1.59. The first-order valence-electron chi connectivity index (χ1n) is 3.19. The maximum atomic E-state index is 6.75. The first-order valence-corrected chi connectivity index (χ1v) is 3.19. The largest absolute Gasteiger partial charge is 1.00 e. The lowest BCUT2D eigenvalue weighted by Gasteiger charge is -2.23. The van der Waals surface area contributed by atoms with Gasteiger partial charge >= 0.3 is 0 Å². The van der Waals surface area contributed by atoms with Crippen LogP contribution in [-0.4, -0.2) is 44.8 Å². The van der Waals surface area contributed by atoms with Crippen molar-refractivity contribution in [1.29, 1.82) is 5.41 Å². The molecule has 0 aromatic carbocycles. The van der Waals surface area contributed by atoms with E-state index >= 15 is 0 Å². The van der Waals surface area contributed by atoms with Gasteiger partial charge in [-0.3, -0.25) is 5.41 Å². The maximum Gasteiger partial charge on any atom is 0.279 e. The van der Waals surface area contributed by atoms with Crippen LogP contribution in [0, 0.1) is 5.41 Å². The van der Waals surface area contributed by atoms with E-state index in [0.717, 1.165) is 11.0 Å². The van der Waals surface area contributed by atoms with Gasteiger partial charge in [0.25, 0.3) is 6.02 Å². The fourth-order valence-corrected chi connectivity index (χ4v) is 0.429. The molecule has 0 aliphatic rings. The molecule has 0 spiro atoms. The number of ether oxygens (including phenoxy) is 1. The van der Waals surface area contributed by atoms with Gasteiger partial charge in [-0.25, -0.2) is 0 Å². The molecule has 0 bridgehead atoms. The molecule has 68 valence electrons.